The number of benzene rings is 1. The molecule has 0 spiro atoms. The lowest BCUT2D eigenvalue weighted by Crippen LogP contribution is -2.47. The average molecular weight is 388 g/mol. The first-order chi connectivity index (χ1) is 11.8. The predicted octanol–water partition coefficient (Wildman–Crippen LogP) is 2.37. The van der Waals surface area contributed by atoms with Gasteiger partial charge in [-0.15, -0.1) is 0 Å². The number of aromatic hydroxyl groups is 1. The topological polar surface area (TPSA) is 72.9 Å². The molecule has 0 bridgehead atoms. The molecule has 2 amide bonds. The lowest BCUT2D eigenvalue weighted by Gasteiger charge is -2.32. The highest BCUT2D eigenvalue weighted by Gasteiger charge is 2.25. The van der Waals surface area contributed by atoms with E-state index in [2.05, 4.69) is 5.32 Å². The van der Waals surface area contributed by atoms with Crippen molar-refractivity contribution in [1.82, 2.24) is 15.1 Å². The first-order valence-electron chi connectivity index (χ1n) is 8.19. The summed E-state index contributed by atoms with van der Waals surface area (Å²) in [6.07, 6.45) is 1.85. The third-order valence-electron chi connectivity index (χ3n) is 4.23. The summed E-state index contributed by atoms with van der Waals surface area (Å²) in [4.78, 5) is 28.3. The smallest absolute Gasteiger partial charge is 0.255 e. The first-order valence-corrected chi connectivity index (χ1v) is 8.95. The average Bonchev–Trinajstić information content (AvgIpc) is 2.56. The van der Waals surface area contributed by atoms with Gasteiger partial charge in [-0.2, -0.15) is 0 Å². The maximum atomic E-state index is 12.4. The van der Waals surface area contributed by atoms with E-state index >= 15 is 0 Å². The highest BCUT2D eigenvalue weighted by molar-refractivity contribution is 6.36. The van der Waals surface area contributed by atoms with Crippen molar-refractivity contribution in [2.45, 2.75) is 25.3 Å². The van der Waals surface area contributed by atoms with Gasteiger partial charge in [0.1, 0.15) is 5.75 Å². The minimum atomic E-state index is -0.417. The van der Waals surface area contributed by atoms with Crippen molar-refractivity contribution in [1.29, 1.82) is 0 Å². The molecule has 1 aliphatic heterocycles. The van der Waals surface area contributed by atoms with Crippen LogP contribution in [0.15, 0.2) is 12.1 Å². The SMILES string of the molecule is CN(C)CCC(=O)N1CCC(NC(=O)c2cc(Cl)cc(Cl)c2O)CC1. The number of halogens is 2. The number of hydrogen-bond donors (Lipinski definition) is 2. The fourth-order valence-electron chi connectivity index (χ4n) is 2.75. The van der Waals surface area contributed by atoms with Gasteiger partial charge in [-0.3, -0.25) is 9.59 Å². The molecule has 0 aliphatic carbocycles. The monoisotopic (exact) mass is 387 g/mol. The minimum absolute atomic E-state index is 0.0407. The number of carbonyl (C=O) groups is 2. The number of phenolic OH excluding ortho intramolecular Hbond substituents is 1. The molecule has 8 heteroatoms. The normalized spacial score (nSPS) is 15.5. The van der Waals surface area contributed by atoms with Gasteiger partial charge < -0.3 is 20.2 Å². The van der Waals surface area contributed by atoms with Crippen LogP contribution in [0.1, 0.15) is 29.6 Å². The summed E-state index contributed by atoms with van der Waals surface area (Å²) in [7, 11) is 3.87. The molecule has 1 aliphatic rings. The molecule has 0 radical (unpaired) electrons. The quantitative estimate of drug-likeness (QED) is 0.813. The van der Waals surface area contributed by atoms with Gasteiger partial charge in [0.15, 0.2) is 0 Å². The minimum Gasteiger partial charge on any atom is -0.506 e. The summed E-state index contributed by atoms with van der Waals surface area (Å²) in [5.41, 5.74) is 0.0574. The summed E-state index contributed by atoms with van der Waals surface area (Å²) in [6.45, 7) is 1.95. The van der Waals surface area contributed by atoms with Crippen molar-refractivity contribution in [3.63, 3.8) is 0 Å². The molecule has 1 saturated heterocycles. The van der Waals surface area contributed by atoms with Crippen molar-refractivity contribution >= 4 is 35.0 Å². The number of nitrogens with zero attached hydrogens (tertiary/aromatic N) is 2. The van der Waals surface area contributed by atoms with Crippen LogP contribution in [-0.2, 0) is 4.79 Å². The first kappa shape index (κ1) is 19.8. The van der Waals surface area contributed by atoms with Crippen LogP contribution in [0.4, 0.5) is 0 Å². The van der Waals surface area contributed by atoms with E-state index in [9.17, 15) is 14.7 Å². The summed E-state index contributed by atoms with van der Waals surface area (Å²) >= 11 is 11.7. The number of likely N-dealkylation sites (tertiary alicyclic amines) is 1. The zero-order valence-corrected chi connectivity index (χ0v) is 15.9. The Balaban J connectivity index is 1.88. The van der Waals surface area contributed by atoms with Crippen LogP contribution in [-0.4, -0.2) is 66.5 Å². The summed E-state index contributed by atoms with van der Waals surface area (Å²) in [5.74, 6) is -0.558. The van der Waals surface area contributed by atoms with E-state index in [0.717, 1.165) is 6.54 Å². The van der Waals surface area contributed by atoms with Crippen molar-refractivity contribution in [2.24, 2.45) is 0 Å². The fraction of sp³-hybridized carbons (Fsp3) is 0.529. The van der Waals surface area contributed by atoms with Gasteiger partial charge in [0.05, 0.1) is 10.6 Å². The van der Waals surface area contributed by atoms with Gasteiger partial charge >= 0.3 is 0 Å². The number of amides is 2. The second kappa shape index (κ2) is 8.74. The van der Waals surface area contributed by atoms with E-state index in [-0.39, 0.29) is 33.3 Å². The Hall–Kier alpha value is -1.50. The highest BCUT2D eigenvalue weighted by atomic mass is 35.5. The molecular formula is C17H23Cl2N3O3. The lowest BCUT2D eigenvalue weighted by molar-refractivity contribution is -0.132. The Morgan fingerprint density at radius 2 is 1.92 bits per heavy atom. The summed E-state index contributed by atoms with van der Waals surface area (Å²) in [5, 5.41) is 13.1. The maximum absolute atomic E-state index is 12.4. The zero-order valence-electron chi connectivity index (χ0n) is 14.4. The van der Waals surface area contributed by atoms with Crippen LogP contribution in [0.5, 0.6) is 5.75 Å². The van der Waals surface area contributed by atoms with Crippen LogP contribution in [0.25, 0.3) is 0 Å². The predicted molar refractivity (Wildman–Crippen MR) is 98.4 cm³/mol. The summed E-state index contributed by atoms with van der Waals surface area (Å²) < 4.78 is 0. The maximum Gasteiger partial charge on any atom is 0.255 e. The van der Waals surface area contributed by atoms with Crippen LogP contribution >= 0.6 is 23.2 Å². The van der Waals surface area contributed by atoms with E-state index in [1.165, 1.54) is 12.1 Å². The molecule has 25 heavy (non-hydrogen) atoms. The van der Waals surface area contributed by atoms with E-state index in [4.69, 9.17) is 23.2 Å². The van der Waals surface area contributed by atoms with Gasteiger partial charge in [-0.05, 0) is 39.1 Å². The Morgan fingerprint density at radius 3 is 2.52 bits per heavy atom. The molecule has 0 atom stereocenters. The van der Waals surface area contributed by atoms with E-state index in [0.29, 0.717) is 32.4 Å². The number of rotatable bonds is 5. The molecule has 138 valence electrons. The molecule has 2 rings (SSSR count). The molecular weight excluding hydrogens is 365 g/mol. The van der Waals surface area contributed by atoms with Crippen LogP contribution in [0.3, 0.4) is 0 Å². The van der Waals surface area contributed by atoms with Crippen molar-refractivity contribution in [2.75, 3.05) is 33.7 Å². The number of hydrogen-bond acceptors (Lipinski definition) is 4. The summed E-state index contributed by atoms with van der Waals surface area (Å²) in [6, 6.07) is 2.72. The van der Waals surface area contributed by atoms with E-state index in [1.807, 2.05) is 23.9 Å². The van der Waals surface area contributed by atoms with Crippen molar-refractivity contribution in [3.8, 4) is 5.75 Å². The fourth-order valence-corrected chi connectivity index (χ4v) is 3.25. The molecule has 1 heterocycles. The number of nitrogens with one attached hydrogen (secondary N) is 1. The molecule has 0 unspecified atom stereocenters. The molecule has 1 aromatic rings. The Kier molecular flexibility index (Phi) is 6.93. The molecule has 6 nitrogen and oxygen atoms in total. The third kappa shape index (κ3) is 5.49. The standard InChI is InChI=1S/C17H23Cl2N3O3/c1-21(2)6-5-15(23)22-7-3-12(4-8-22)20-17(25)13-9-11(18)10-14(19)16(13)24/h9-10,12,24H,3-8H2,1-2H3,(H,20,25). The van der Waals surface area contributed by atoms with Crippen molar-refractivity contribution < 1.29 is 14.7 Å². The zero-order chi connectivity index (χ0) is 18.6. The molecule has 0 aromatic heterocycles. The van der Waals surface area contributed by atoms with Crippen LogP contribution in [0.2, 0.25) is 10.0 Å². The number of phenols is 1. The third-order valence-corrected chi connectivity index (χ3v) is 4.73. The van der Waals surface area contributed by atoms with Crippen LogP contribution in [0, 0.1) is 0 Å². The molecule has 0 saturated carbocycles. The van der Waals surface area contributed by atoms with E-state index < -0.39 is 5.91 Å². The van der Waals surface area contributed by atoms with Gasteiger partial charge in [0.2, 0.25) is 5.91 Å². The molecule has 1 aromatic carbocycles. The van der Waals surface area contributed by atoms with Gasteiger partial charge in [-0.25, -0.2) is 0 Å². The Morgan fingerprint density at radius 1 is 1.28 bits per heavy atom. The molecule has 1 fully saturated rings. The second-order valence-electron chi connectivity index (χ2n) is 6.47. The van der Waals surface area contributed by atoms with E-state index in [1.54, 1.807) is 0 Å². The number of piperidine rings is 1. The Bertz CT molecular complexity index is 644. The molecule has 2 N–H and O–H groups in total. The van der Waals surface area contributed by atoms with Gasteiger partial charge in [0, 0.05) is 37.1 Å². The lowest BCUT2D eigenvalue weighted by atomic mass is 10.0. The van der Waals surface area contributed by atoms with Gasteiger partial charge in [0.25, 0.3) is 5.91 Å². The van der Waals surface area contributed by atoms with Crippen LogP contribution < -0.4 is 5.32 Å². The van der Waals surface area contributed by atoms with Crippen molar-refractivity contribution in [3.05, 3.63) is 27.7 Å². The largest absolute Gasteiger partial charge is 0.506 e. The van der Waals surface area contributed by atoms with Gasteiger partial charge in [-0.1, -0.05) is 23.2 Å². The second-order valence-corrected chi connectivity index (χ2v) is 7.31. The Labute approximate surface area is 157 Å². The highest BCUT2D eigenvalue weighted by Crippen LogP contribution is 2.31. The number of carbonyl (C=O) groups excluding carboxylic acids is 2.